The Morgan fingerprint density at radius 3 is 2.45 bits per heavy atom. The van der Waals surface area contributed by atoms with Crippen molar-refractivity contribution in [2.75, 3.05) is 13.7 Å². The molecule has 0 aliphatic carbocycles. The van der Waals surface area contributed by atoms with Gasteiger partial charge in [-0.05, 0) is 50.2 Å². The van der Waals surface area contributed by atoms with Crippen LogP contribution in [-0.2, 0) is 14.8 Å². The van der Waals surface area contributed by atoms with Gasteiger partial charge in [-0.25, -0.2) is 13.1 Å². The van der Waals surface area contributed by atoms with Crippen molar-refractivity contribution in [2.45, 2.75) is 30.8 Å². The van der Waals surface area contributed by atoms with E-state index in [9.17, 15) is 13.2 Å². The molecule has 2 N–H and O–H groups in total. The molecular weight excluding hydrogens is 392 g/mol. The molecule has 0 unspecified atom stereocenters. The van der Waals surface area contributed by atoms with Gasteiger partial charge in [0.05, 0.1) is 17.5 Å². The number of para-hydroxylation sites is 1. The third-order valence-electron chi connectivity index (χ3n) is 4.42. The van der Waals surface area contributed by atoms with Crippen molar-refractivity contribution >= 4 is 26.9 Å². The van der Waals surface area contributed by atoms with Crippen LogP contribution in [0.5, 0.6) is 0 Å². The summed E-state index contributed by atoms with van der Waals surface area (Å²) in [5, 5.41) is 3.83. The standard InChI is InChI=1S/C21H24N2O5S/c1-14(13-27-3)23-29(25,26)18-10-8-16(9-11-18)21(24)22-15(2)20-12-17-6-4-5-7-19(17)28-20/h4-12,14-15,23H,13H2,1-3H3,(H,22,24)/t14-,15-/m0/s1. The summed E-state index contributed by atoms with van der Waals surface area (Å²) >= 11 is 0. The van der Waals surface area contributed by atoms with Gasteiger partial charge in [0.1, 0.15) is 11.3 Å². The molecule has 0 radical (unpaired) electrons. The molecular formula is C21H24N2O5S. The summed E-state index contributed by atoms with van der Waals surface area (Å²) < 4.78 is 38.0. The van der Waals surface area contributed by atoms with Crippen molar-refractivity contribution in [2.24, 2.45) is 0 Å². The lowest BCUT2D eigenvalue weighted by Crippen LogP contribution is -2.35. The Hall–Kier alpha value is -2.68. The van der Waals surface area contributed by atoms with Crippen LogP contribution >= 0.6 is 0 Å². The number of furan rings is 1. The fourth-order valence-electron chi connectivity index (χ4n) is 2.97. The largest absolute Gasteiger partial charge is 0.459 e. The minimum absolute atomic E-state index is 0.0855. The quantitative estimate of drug-likeness (QED) is 0.588. The first-order chi connectivity index (χ1) is 13.8. The van der Waals surface area contributed by atoms with Gasteiger partial charge in [0.15, 0.2) is 0 Å². The Kier molecular flexibility index (Phi) is 6.36. The summed E-state index contributed by atoms with van der Waals surface area (Å²) in [6.45, 7) is 3.80. The zero-order chi connectivity index (χ0) is 21.0. The van der Waals surface area contributed by atoms with Gasteiger partial charge in [-0.2, -0.15) is 0 Å². The first-order valence-electron chi connectivity index (χ1n) is 9.21. The molecule has 0 spiro atoms. The number of hydrogen-bond donors (Lipinski definition) is 2. The number of benzene rings is 2. The summed E-state index contributed by atoms with van der Waals surface area (Å²) in [6, 6.07) is 14.6. The molecule has 2 atom stereocenters. The smallest absolute Gasteiger partial charge is 0.251 e. The SMILES string of the molecule is COC[C@H](C)NS(=O)(=O)c1ccc(C(=O)N[C@@H](C)c2cc3ccccc3o2)cc1. The Morgan fingerprint density at radius 2 is 1.79 bits per heavy atom. The molecule has 1 heterocycles. The van der Waals surface area contributed by atoms with E-state index in [1.807, 2.05) is 37.3 Å². The van der Waals surface area contributed by atoms with Crippen LogP contribution in [0.15, 0.2) is 63.9 Å². The van der Waals surface area contributed by atoms with E-state index in [2.05, 4.69) is 10.0 Å². The summed E-state index contributed by atoms with van der Waals surface area (Å²) in [6.07, 6.45) is 0. The van der Waals surface area contributed by atoms with Crippen LogP contribution in [0.2, 0.25) is 0 Å². The summed E-state index contributed by atoms with van der Waals surface area (Å²) in [5.41, 5.74) is 1.12. The highest BCUT2D eigenvalue weighted by Crippen LogP contribution is 2.24. The van der Waals surface area contributed by atoms with Gasteiger partial charge in [-0.15, -0.1) is 0 Å². The molecule has 0 bridgehead atoms. The lowest BCUT2D eigenvalue weighted by molar-refractivity contribution is 0.0935. The molecule has 0 fully saturated rings. The number of hydrogen-bond acceptors (Lipinski definition) is 5. The molecule has 154 valence electrons. The number of nitrogens with one attached hydrogen (secondary N) is 2. The van der Waals surface area contributed by atoms with Gasteiger partial charge < -0.3 is 14.5 Å². The highest BCUT2D eigenvalue weighted by atomic mass is 32.2. The highest BCUT2D eigenvalue weighted by molar-refractivity contribution is 7.89. The van der Waals surface area contributed by atoms with Crippen molar-refractivity contribution in [3.05, 3.63) is 65.9 Å². The van der Waals surface area contributed by atoms with E-state index in [1.165, 1.54) is 31.4 Å². The monoisotopic (exact) mass is 416 g/mol. The number of fused-ring (bicyclic) bond motifs is 1. The molecule has 0 saturated carbocycles. The molecule has 3 aromatic rings. The molecule has 29 heavy (non-hydrogen) atoms. The van der Waals surface area contributed by atoms with Crippen LogP contribution < -0.4 is 10.0 Å². The number of sulfonamides is 1. The molecule has 1 aromatic heterocycles. The second-order valence-electron chi connectivity index (χ2n) is 6.88. The van der Waals surface area contributed by atoms with Gasteiger partial charge in [0, 0.05) is 24.1 Å². The minimum Gasteiger partial charge on any atom is -0.459 e. The number of rotatable bonds is 8. The normalized spacial score (nSPS) is 13.9. The van der Waals surface area contributed by atoms with Gasteiger partial charge >= 0.3 is 0 Å². The maximum atomic E-state index is 12.5. The van der Waals surface area contributed by atoms with Gasteiger partial charge in [0.25, 0.3) is 5.91 Å². The third-order valence-corrected chi connectivity index (χ3v) is 6.02. The zero-order valence-corrected chi connectivity index (χ0v) is 17.3. The average molecular weight is 416 g/mol. The molecule has 8 heteroatoms. The van der Waals surface area contributed by atoms with E-state index in [0.29, 0.717) is 11.3 Å². The van der Waals surface area contributed by atoms with Crippen molar-refractivity contribution < 1.29 is 22.4 Å². The van der Waals surface area contributed by atoms with Crippen LogP contribution in [0.1, 0.15) is 36.0 Å². The summed E-state index contributed by atoms with van der Waals surface area (Å²) in [5.74, 6) is 0.331. The minimum atomic E-state index is -3.68. The third kappa shape index (κ3) is 5.03. The van der Waals surface area contributed by atoms with Crippen LogP contribution in [-0.4, -0.2) is 34.1 Å². The molecule has 1 amide bonds. The molecule has 0 saturated heterocycles. The fraction of sp³-hybridized carbons (Fsp3) is 0.286. The van der Waals surface area contributed by atoms with E-state index < -0.39 is 10.0 Å². The first kappa shape index (κ1) is 21.0. The molecule has 3 rings (SSSR count). The molecule has 0 aliphatic rings. The number of carbonyl (C=O) groups excluding carboxylic acids is 1. The number of amides is 1. The van der Waals surface area contributed by atoms with E-state index in [1.54, 1.807) is 6.92 Å². The predicted molar refractivity (Wildman–Crippen MR) is 110 cm³/mol. The Labute approximate surface area is 170 Å². The van der Waals surface area contributed by atoms with Crippen LogP contribution in [0.25, 0.3) is 11.0 Å². The molecule has 7 nitrogen and oxygen atoms in total. The van der Waals surface area contributed by atoms with Crippen molar-refractivity contribution in [3.63, 3.8) is 0 Å². The van der Waals surface area contributed by atoms with Gasteiger partial charge in [0.2, 0.25) is 10.0 Å². The lowest BCUT2D eigenvalue weighted by Gasteiger charge is -2.14. The molecule has 0 aliphatic heterocycles. The maximum Gasteiger partial charge on any atom is 0.251 e. The predicted octanol–water partition coefficient (Wildman–Crippen LogP) is 3.24. The van der Waals surface area contributed by atoms with Crippen LogP contribution in [0, 0.1) is 0 Å². The zero-order valence-electron chi connectivity index (χ0n) is 16.5. The Morgan fingerprint density at radius 1 is 1.10 bits per heavy atom. The summed E-state index contributed by atoms with van der Waals surface area (Å²) in [4.78, 5) is 12.6. The van der Waals surface area contributed by atoms with E-state index >= 15 is 0 Å². The van der Waals surface area contributed by atoms with Crippen molar-refractivity contribution in [1.29, 1.82) is 0 Å². The lowest BCUT2D eigenvalue weighted by atomic mass is 10.1. The fourth-order valence-corrected chi connectivity index (χ4v) is 4.20. The van der Waals surface area contributed by atoms with E-state index in [4.69, 9.17) is 9.15 Å². The average Bonchev–Trinajstić information content (AvgIpc) is 3.12. The highest BCUT2D eigenvalue weighted by Gasteiger charge is 2.19. The Bertz CT molecular complexity index is 1060. The maximum absolute atomic E-state index is 12.5. The number of ether oxygens (including phenoxy) is 1. The van der Waals surface area contributed by atoms with Crippen molar-refractivity contribution in [3.8, 4) is 0 Å². The second-order valence-corrected chi connectivity index (χ2v) is 8.60. The Balaban J connectivity index is 1.68. The number of carbonyl (C=O) groups is 1. The van der Waals surface area contributed by atoms with Crippen molar-refractivity contribution in [1.82, 2.24) is 10.0 Å². The van der Waals surface area contributed by atoms with E-state index in [0.717, 1.165) is 11.0 Å². The van der Waals surface area contributed by atoms with E-state index in [-0.39, 0.29) is 29.5 Å². The van der Waals surface area contributed by atoms with Crippen LogP contribution in [0.4, 0.5) is 0 Å². The van der Waals surface area contributed by atoms with Gasteiger partial charge in [-0.1, -0.05) is 18.2 Å². The topological polar surface area (TPSA) is 97.6 Å². The first-order valence-corrected chi connectivity index (χ1v) is 10.7. The second kappa shape index (κ2) is 8.77. The summed E-state index contributed by atoms with van der Waals surface area (Å²) in [7, 11) is -2.18. The van der Waals surface area contributed by atoms with Crippen LogP contribution in [0.3, 0.4) is 0 Å². The molecule has 2 aromatic carbocycles. The van der Waals surface area contributed by atoms with Gasteiger partial charge in [-0.3, -0.25) is 4.79 Å². The number of methoxy groups -OCH3 is 1.